The largest absolute Gasteiger partial charge is 0.493 e. The minimum atomic E-state index is -0.112. The van der Waals surface area contributed by atoms with Crippen molar-refractivity contribution in [1.29, 1.82) is 0 Å². The Balaban J connectivity index is 2.22. The molecule has 0 aromatic heterocycles. The molecule has 0 unspecified atom stereocenters. The molecule has 0 spiro atoms. The first-order valence-corrected chi connectivity index (χ1v) is 7.57. The molecule has 0 fully saturated rings. The van der Waals surface area contributed by atoms with Gasteiger partial charge >= 0.3 is 0 Å². The number of carbonyl (C=O) groups excluding carboxylic acids is 1. The lowest BCUT2D eigenvalue weighted by molar-refractivity contribution is 0.0781. The van der Waals surface area contributed by atoms with E-state index in [0.29, 0.717) is 23.6 Å². The van der Waals surface area contributed by atoms with Gasteiger partial charge in [0.2, 0.25) is 0 Å². The molecule has 0 bridgehead atoms. The average Bonchev–Trinajstić information content (AvgIpc) is 2.55. The van der Waals surface area contributed by atoms with E-state index in [-0.39, 0.29) is 5.91 Å². The fourth-order valence-corrected chi connectivity index (χ4v) is 2.46. The van der Waals surface area contributed by atoms with Gasteiger partial charge < -0.3 is 14.4 Å². The van der Waals surface area contributed by atoms with Crippen LogP contribution in [-0.4, -0.2) is 32.1 Å². The number of nitrogens with zero attached hydrogens (tertiary/aromatic N) is 1. The number of hydrogen-bond donors (Lipinski definition) is 0. The highest BCUT2D eigenvalue weighted by Crippen LogP contribution is 2.31. The second kappa shape index (κ2) is 7.31. The van der Waals surface area contributed by atoms with Gasteiger partial charge in [0.05, 0.1) is 19.8 Å². The molecule has 0 N–H and O–H groups in total. The lowest BCUT2D eigenvalue weighted by atomic mass is 10.1. The molecule has 22 heavy (non-hydrogen) atoms. The Bertz CT molecular complexity index is 655. The predicted molar refractivity (Wildman–Crippen MR) is 89.5 cm³/mol. The van der Waals surface area contributed by atoms with Crippen LogP contribution in [0.2, 0.25) is 0 Å². The molecule has 0 aliphatic rings. The molecule has 5 heteroatoms. The third-order valence-electron chi connectivity index (χ3n) is 3.31. The molecule has 116 valence electrons. The van der Waals surface area contributed by atoms with Crippen LogP contribution in [0, 0.1) is 0 Å². The molecule has 4 nitrogen and oxygen atoms in total. The SMILES string of the molecule is COc1cccc(C(=O)N(C)Cc2ccc(Br)cc2)c1OC. The molecule has 0 radical (unpaired) electrons. The van der Waals surface area contributed by atoms with Crippen molar-refractivity contribution < 1.29 is 14.3 Å². The van der Waals surface area contributed by atoms with Gasteiger partial charge in [-0.15, -0.1) is 0 Å². The summed E-state index contributed by atoms with van der Waals surface area (Å²) in [6.07, 6.45) is 0. The van der Waals surface area contributed by atoms with Crippen LogP contribution in [0.15, 0.2) is 46.9 Å². The summed E-state index contributed by atoms with van der Waals surface area (Å²) in [6.45, 7) is 0.520. The van der Waals surface area contributed by atoms with Crippen molar-refractivity contribution in [2.45, 2.75) is 6.54 Å². The molecule has 2 aromatic rings. The first kappa shape index (κ1) is 16.4. The fraction of sp³-hybridized carbons (Fsp3) is 0.235. The van der Waals surface area contributed by atoms with Crippen LogP contribution in [0.3, 0.4) is 0 Å². The minimum Gasteiger partial charge on any atom is -0.493 e. The number of amides is 1. The lowest BCUT2D eigenvalue weighted by Gasteiger charge is -2.19. The van der Waals surface area contributed by atoms with Gasteiger partial charge in [-0.25, -0.2) is 0 Å². The molecule has 2 rings (SSSR count). The van der Waals surface area contributed by atoms with Crippen molar-refractivity contribution in [3.05, 3.63) is 58.1 Å². The summed E-state index contributed by atoms with van der Waals surface area (Å²) in [4.78, 5) is 14.3. The maximum Gasteiger partial charge on any atom is 0.257 e. The summed E-state index contributed by atoms with van der Waals surface area (Å²) in [6, 6.07) is 13.2. The molecule has 0 saturated carbocycles. The number of carbonyl (C=O) groups is 1. The van der Waals surface area contributed by atoms with E-state index < -0.39 is 0 Å². The molecule has 0 heterocycles. The van der Waals surface area contributed by atoms with Crippen LogP contribution in [0.4, 0.5) is 0 Å². The second-order valence-corrected chi connectivity index (χ2v) is 5.74. The van der Waals surface area contributed by atoms with Crippen molar-refractivity contribution in [1.82, 2.24) is 4.90 Å². The maximum absolute atomic E-state index is 12.6. The van der Waals surface area contributed by atoms with Gasteiger partial charge in [-0.1, -0.05) is 34.1 Å². The van der Waals surface area contributed by atoms with Crippen molar-refractivity contribution in [3.63, 3.8) is 0 Å². The molecule has 1 amide bonds. The van der Waals surface area contributed by atoms with Gasteiger partial charge in [0, 0.05) is 18.1 Å². The van der Waals surface area contributed by atoms with Crippen LogP contribution in [0.5, 0.6) is 11.5 Å². The topological polar surface area (TPSA) is 38.8 Å². The van der Waals surface area contributed by atoms with E-state index >= 15 is 0 Å². The Hall–Kier alpha value is -2.01. The van der Waals surface area contributed by atoms with E-state index in [1.165, 1.54) is 7.11 Å². The van der Waals surface area contributed by atoms with Gasteiger partial charge in [0.25, 0.3) is 5.91 Å². The molecule has 0 atom stereocenters. The monoisotopic (exact) mass is 363 g/mol. The van der Waals surface area contributed by atoms with Gasteiger partial charge in [0.1, 0.15) is 0 Å². The van der Waals surface area contributed by atoms with E-state index in [0.717, 1.165) is 10.0 Å². The quantitative estimate of drug-likeness (QED) is 0.812. The van der Waals surface area contributed by atoms with E-state index in [9.17, 15) is 4.79 Å². The second-order valence-electron chi connectivity index (χ2n) is 4.83. The summed E-state index contributed by atoms with van der Waals surface area (Å²) < 4.78 is 11.6. The molecular weight excluding hydrogens is 346 g/mol. The van der Waals surface area contributed by atoms with Gasteiger partial charge in [0.15, 0.2) is 11.5 Å². The van der Waals surface area contributed by atoms with Crippen LogP contribution < -0.4 is 9.47 Å². The Morgan fingerprint density at radius 1 is 1.09 bits per heavy atom. The Labute approximate surface area is 138 Å². The van der Waals surface area contributed by atoms with Gasteiger partial charge in [-0.2, -0.15) is 0 Å². The summed E-state index contributed by atoms with van der Waals surface area (Å²) >= 11 is 3.40. The predicted octanol–water partition coefficient (Wildman–Crippen LogP) is 3.74. The number of benzene rings is 2. The zero-order chi connectivity index (χ0) is 16.1. The van der Waals surface area contributed by atoms with Gasteiger partial charge in [-0.05, 0) is 29.8 Å². The first-order valence-electron chi connectivity index (χ1n) is 6.77. The van der Waals surface area contributed by atoms with Crippen LogP contribution in [0.1, 0.15) is 15.9 Å². The number of rotatable bonds is 5. The van der Waals surface area contributed by atoms with Crippen LogP contribution >= 0.6 is 15.9 Å². The number of para-hydroxylation sites is 1. The average molecular weight is 364 g/mol. The first-order chi connectivity index (χ1) is 10.6. The number of methoxy groups -OCH3 is 2. The Morgan fingerprint density at radius 2 is 1.77 bits per heavy atom. The van der Waals surface area contributed by atoms with E-state index in [1.807, 2.05) is 24.3 Å². The normalized spacial score (nSPS) is 10.2. The molecule has 2 aromatic carbocycles. The molecule has 0 aliphatic carbocycles. The Morgan fingerprint density at radius 3 is 2.36 bits per heavy atom. The zero-order valence-electron chi connectivity index (χ0n) is 12.8. The van der Waals surface area contributed by atoms with E-state index in [1.54, 1.807) is 37.3 Å². The van der Waals surface area contributed by atoms with Crippen molar-refractivity contribution in [3.8, 4) is 11.5 Å². The van der Waals surface area contributed by atoms with Gasteiger partial charge in [-0.3, -0.25) is 4.79 Å². The molecule has 0 saturated heterocycles. The number of ether oxygens (including phenoxy) is 2. The van der Waals surface area contributed by atoms with Crippen molar-refractivity contribution in [2.75, 3.05) is 21.3 Å². The van der Waals surface area contributed by atoms with E-state index in [4.69, 9.17) is 9.47 Å². The standard InChI is InChI=1S/C17H18BrNO3/c1-19(11-12-7-9-13(18)10-8-12)17(20)14-5-4-6-15(21-2)16(14)22-3/h4-10H,11H2,1-3H3. The van der Waals surface area contributed by atoms with Crippen molar-refractivity contribution in [2.24, 2.45) is 0 Å². The van der Waals surface area contributed by atoms with Crippen LogP contribution in [0.25, 0.3) is 0 Å². The molecular formula is C17H18BrNO3. The summed E-state index contributed by atoms with van der Waals surface area (Å²) in [5.41, 5.74) is 1.54. The maximum atomic E-state index is 12.6. The third-order valence-corrected chi connectivity index (χ3v) is 3.84. The zero-order valence-corrected chi connectivity index (χ0v) is 14.4. The summed E-state index contributed by atoms with van der Waals surface area (Å²) in [5.74, 6) is 0.890. The summed E-state index contributed by atoms with van der Waals surface area (Å²) in [5, 5.41) is 0. The smallest absolute Gasteiger partial charge is 0.257 e. The fourth-order valence-electron chi connectivity index (χ4n) is 2.20. The number of halogens is 1. The number of hydrogen-bond acceptors (Lipinski definition) is 3. The Kier molecular flexibility index (Phi) is 5.44. The molecule has 0 aliphatic heterocycles. The van der Waals surface area contributed by atoms with Crippen LogP contribution in [-0.2, 0) is 6.54 Å². The summed E-state index contributed by atoms with van der Waals surface area (Å²) in [7, 11) is 4.85. The highest BCUT2D eigenvalue weighted by atomic mass is 79.9. The minimum absolute atomic E-state index is 0.112. The highest BCUT2D eigenvalue weighted by Gasteiger charge is 2.19. The highest BCUT2D eigenvalue weighted by molar-refractivity contribution is 9.10. The lowest BCUT2D eigenvalue weighted by Crippen LogP contribution is -2.26. The third kappa shape index (κ3) is 3.60. The van der Waals surface area contributed by atoms with Crippen molar-refractivity contribution >= 4 is 21.8 Å². The van der Waals surface area contributed by atoms with E-state index in [2.05, 4.69) is 15.9 Å².